The van der Waals surface area contributed by atoms with Crippen LogP contribution >= 0.6 is 0 Å². The highest BCUT2D eigenvalue weighted by Gasteiger charge is 2.23. The molecule has 0 atom stereocenters. The lowest BCUT2D eigenvalue weighted by atomic mass is 10.1. The minimum Gasteiger partial charge on any atom is -0.463 e. The molecule has 1 aromatic rings. The van der Waals surface area contributed by atoms with Crippen LogP contribution in [0.2, 0.25) is 0 Å². The Labute approximate surface area is 83.3 Å². The Kier molecular flexibility index (Phi) is 3.17. The Bertz CT molecular complexity index is 440. The number of halogens is 3. The first-order valence-corrected chi connectivity index (χ1v) is 3.85. The molecule has 0 saturated carbocycles. The third-order valence-corrected chi connectivity index (χ3v) is 1.82. The SMILES string of the molecule is Cc1c(F)c(F)c(C#N)c(OCO)c1F. The number of nitriles is 1. The van der Waals surface area contributed by atoms with Gasteiger partial charge < -0.3 is 9.84 Å². The van der Waals surface area contributed by atoms with Crippen molar-refractivity contribution in [3.05, 3.63) is 28.6 Å². The second-order valence-electron chi connectivity index (χ2n) is 2.66. The highest BCUT2D eigenvalue weighted by molar-refractivity contribution is 5.48. The van der Waals surface area contributed by atoms with Crippen LogP contribution in [0.5, 0.6) is 5.75 Å². The topological polar surface area (TPSA) is 53.2 Å². The van der Waals surface area contributed by atoms with Crippen LogP contribution in [0, 0.1) is 35.7 Å². The summed E-state index contributed by atoms with van der Waals surface area (Å²) < 4.78 is 43.7. The summed E-state index contributed by atoms with van der Waals surface area (Å²) >= 11 is 0. The number of aliphatic hydroxyl groups excluding tert-OH is 1. The standard InChI is InChI=1S/C9H6F3NO2/c1-4-6(10)8(12)5(2-13)9(7(4)11)15-3-14/h14H,3H2,1H3. The van der Waals surface area contributed by atoms with Crippen LogP contribution in [-0.2, 0) is 0 Å². The summed E-state index contributed by atoms with van der Waals surface area (Å²) in [6, 6.07) is 1.27. The van der Waals surface area contributed by atoms with E-state index in [4.69, 9.17) is 10.4 Å². The van der Waals surface area contributed by atoms with Gasteiger partial charge in [0.1, 0.15) is 11.6 Å². The van der Waals surface area contributed by atoms with Gasteiger partial charge in [0, 0.05) is 5.56 Å². The van der Waals surface area contributed by atoms with E-state index in [0.29, 0.717) is 0 Å². The van der Waals surface area contributed by atoms with E-state index in [0.717, 1.165) is 6.92 Å². The van der Waals surface area contributed by atoms with Gasteiger partial charge in [0.25, 0.3) is 0 Å². The van der Waals surface area contributed by atoms with Gasteiger partial charge >= 0.3 is 0 Å². The minimum absolute atomic E-state index is 0.602. The van der Waals surface area contributed by atoms with Gasteiger partial charge in [-0.1, -0.05) is 0 Å². The smallest absolute Gasteiger partial charge is 0.186 e. The zero-order valence-electron chi connectivity index (χ0n) is 7.64. The molecule has 0 aliphatic carbocycles. The van der Waals surface area contributed by atoms with Gasteiger partial charge in [-0.05, 0) is 6.92 Å². The molecule has 1 rings (SSSR count). The van der Waals surface area contributed by atoms with Crippen molar-refractivity contribution in [1.29, 1.82) is 5.26 Å². The Hall–Kier alpha value is -1.74. The molecule has 0 aliphatic heterocycles. The number of rotatable bonds is 2. The summed E-state index contributed by atoms with van der Waals surface area (Å²) in [5.74, 6) is -4.90. The molecule has 80 valence electrons. The number of aliphatic hydroxyl groups is 1. The van der Waals surface area contributed by atoms with E-state index >= 15 is 0 Å². The minimum atomic E-state index is -1.49. The monoisotopic (exact) mass is 217 g/mol. The second kappa shape index (κ2) is 4.19. The zero-order chi connectivity index (χ0) is 11.6. The fourth-order valence-corrected chi connectivity index (χ4v) is 1.05. The Balaban J connectivity index is 3.56. The van der Waals surface area contributed by atoms with E-state index in [1.165, 1.54) is 6.07 Å². The maximum Gasteiger partial charge on any atom is 0.186 e. The molecule has 3 nitrogen and oxygen atoms in total. The van der Waals surface area contributed by atoms with E-state index in [2.05, 4.69) is 4.74 Å². The van der Waals surface area contributed by atoms with Gasteiger partial charge in [-0.3, -0.25) is 0 Å². The van der Waals surface area contributed by atoms with Crippen molar-refractivity contribution in [1.82, 2.24) is 0 Å². The van der Waals surface area contributed by atoms with Crippen molar-refractivity contribution in [3.8, 4) is 11.8 Å². The number of benzene rings is 1. The predicted molar refractivity (Wildman–Crippen MR) is 43.5 cm³/mol. The van der Waals surface area contributed by atoms with Crippen molar-refractivity contribution in [2.45, 2.75) is 6.92 Å². The summed E-state index contributed by atoms with van der Waals surface area (Å²) in [7, 11) is 0. The quantitative estimate of drug-likeness (QED) is 0.604. The number of hydrogen-bond donors (Lipinski definition) is 1. The van der Waals surface area contributed by atoms with Crippen LogP contribution in [0.25, 0.3) is 0 Å². The molecule has 0 bridgehead atoms. The van der Waals surface area contributed by atoms with Gasteiger partial charge in [0.2, 0.25) is 0 Å². The van der Waals surface area contributed by atoms with E-state index in [1.807, 2.05) is 0 Å². The zero-order valence-corrected chi connectivity index (χ0v) is 7.64. The maximum absolute atomic E-state index is 13.3. The van der Waals surface area contributed by atoms with E-state index in [9.17, 15) is 13.2 Å². The fraction of sp³-hybridized carbons (Fsp3) is 0.222. The molecule has 0 spiro atoms. The van der Waals surface area contributed by atoms with Crippen LogP contribution in [0.4, 0.5) is 13.2 Å². The molecule has 15 heavy (non-hydrogen) atoms. The number of ether oxygens (including phenoxy) is 1. The first-order chi connectivity index (χ1) is 7.04. The highest BCUT2D eigenvalue weighted by Crippen LogP contribution is 2.30. The van der Waals surface area contributed by atoms with Crippen LogP contribution in [0.15, 0.2) is 0 Å². The molecule has 0 radical (unpaired) electrons. The maximum atomic E-state index is 13.3. The van der Waals surface area contributed by atoms with Gasteiger partial charge in [0.15, 0.2) is 30.0 Å². The summed E-state index contributed by atoms with van der Waals surface area (Å²) in [6.45, 7) is 0.0647. The van der Waals surface area contributed by atoms with Crippen LogP contribution in [-0.4, -0.2) is 11.9 Å². The molecule has 0 aromatic heterocycles. The van der Waals surface area contributed by atoms with Gasteiger partial charge in [-0.15, -0.1) is 0 Å². The molecule has 0 heterocycles. The van der Waals surface area contributed by atoms with Gasteiger partial charge in [-0.2, -0.15) is 5.26 Å². The summed E-state index contributed by atoms with van der Waals surface area (Å²) in [5, 5.41) is 16.9. The highest BCUT2D eigenvalue weighted by atomic mass is 19.2. The first-order valence-electron chi connectivity index (χ1n) is 3.85. The molecule has 0 unspecified atom stereocenters. The fourth-order valence-electron chi connectivity index (χ4n) is 1.05. The predicted octanol–water partition coefficient (Wildman–Crippen LogP) is 1.61. The Morgan fingerprint density at radius 3 is 2.33 bits per heavy atom. The van der Waals surface area contributed by atoms with E-state index in [1.54, 1.807) is 0 Å². The average molecular weight is 217 g/mol. The van der Waals surface area contributed by atoms with Crippen molar-refractivity contribution < 1.29 is 23.0 Å². The number of hydrogen-bond acceptors (Lipinski definition) is 3. The third-order valence-electron chi connectivity index (χ3n) is 1.82. The third kappa shape index (κ3) is 1.74. The molecule has 0 aliphatic rings. The van der Waals surface area contributed by atoms with Crippen molar-refractivity contribution >= 4 is 0 Å². The van der Waals surface area contributed by atoms with Gasteiger partial charge in [-0.25, -0.2) is 13.2 Å². The lowest BCUT2D eigenvalue weighted by molar-refractivity contribution is 0.0933. The molecule has 0 fully saturated rings. The normalized spacial score (nSPS) is 9.87. The molecule has 6 heteroatoms. The largest absolute Gasteiger partial charge is 0.463 e. The summed E-state index contributed by atoms with van der Waals surface area (Å²) in [4.78, 5) is 0. The van der Waals surface area contributed by atoms with Crippen molar-refractivity contribution in [2.75, 3.05) is 6.79 Å². The van der Waals surface area contributed by atoms with Crippen LogP contribution in [0.1, 0.15) is 11.1 Å². The lowest BCUT2D eigenvalue weighted by Gasteiger charge is -2.09. The van der Waals surface area contributed by atoms with Crippen LogP contribution in [0.3, 0.4) is 0 Å². The van der Waals surface area contributed by atoms with Crippen molar-refractivity contribution in [3.63, 3.8) is 0 Å². The Morgan fingerprint density at radius 1 is 1.27 bits per heavy atom. The average Bonchev–Trinajstić information content (AvgIpc) is 2.24. The second-order valence-corrected chi connectivity index (χ2v) is 2.66. The number of nitrogens with zero attached hydrogens (tertiary/aromatic N) is 1. The molecular weight excluding hydrogens is 211 g/mol. The van der Waals surface area contributed by atoms with Crippen molar-refractivity contribution in [2.24, 2.45) is 0 Å². The van der Waals surface area contributed by atoms with Crippen LogP contribution < -0.4 is 4.74 Å². The molecule has 1 N–H and O–H groups in total. The molecule has 0 saturated heterocycles. The molecule has 1 aromatic carbocycles. The summed E-state index contributed by atoms with van der Waals surface area (Å²) in [6.07, 6.45) is 0. The molecule has 0 amide bonds. The van der Waals surface area contributed by atoms with E-state index < -0.39 is 41.1 Å². The lowest BCUT2D eigenvalue weighted by Crippen LogP contribution is -2.06. The van der Waals surface area contributed by atoms with E-state index in [-0.39, 0.29) is 0 Å². The van der Waals surface area contributed by atoms with Gasteiger partial charge in [0.05, 0.1) is 0 Å². The first kappa shape index (κ1) is 11.3. The Morgan fingerprint density at radius 2 is 1.87 bits per heavy atom. The molecular formula is C9H6F3NO2. The summed E-state index contributed by atoms with van der Waals surface area (Å²) in [5.41, 5.74) is -1.50.